The molecule has 2 amide bonds. The Hall–Kier alpha value is -3.35. The first-order chi connectivity index (χ1) is 16.4. The molecule has 2 aromatic rings. The normalized spacial score (nSPS) is 25.6. The Bertz CT molecular complexity index is 1090. The largest absolute Gasteiger partial charge is 0.481 e. The summed E-state index contributed by atoms with van der Waals surface area (Å²) in [5.41, 5.74) is 3.76. The maximum Gasteiger partial charge on any atom is 0.407 e. The molecule has 2 aromatic carbocycles. The van der Waals surface area contributed by atoms with Gasteiger partial charge in [-0.25, -0.2) is 4.79 Å². The summed E-state index contributed by atoms with van der Waals surface area (Å²) in [5, 5.41) is 12.4. The van der Waals surface area contributed by atoms with E-state index in [1.165, 1.54) is 11.1 Å². The number of likely N-dealkylation sites (tertiary alicyclic amines) is 1. The highest BCUT2D eigenvalue weighted by molar-refractivity contribution is 5.83. The zero-order valence-corrected chi connectivity index (χ0v) is 19.3. The first-order valence-electron chi connectivity index (χ1n) is 12.0. The van der Waals surface area contributed by atoms with Gasteiger partial charge in [0.05, 0.1) is 11.3 Å². The number of rotatable bonds is 5. The number of nitrogens with zero attached hydrogens (tertiary/aromatic N) is 1. The van der Waals surface area contributed by atoms with Gasteiger partial charge in [-0.2, -0.15) is 0 Å². The number of nitrogens with one attached hydrogen (secondary N) is 1. The molecule has 3 aliphatic rings. The van der Waals surface area contributed by atoms with E-state index in [1.807, 2.05) is 24.3 Å². The van der Waals surface area contributed by atoms with Crippen molar-refractivity contribution in [3.8, 4) is 11.1 Å². The molecule has 1 unspecified atom stereocenters. The molecule has 1 heterocycles. The molecule has 3 atom stereocenters. The zero-order chi connectivity index (χ0) is 23.9. The summed E-state index contributed by atoms with van der Waals surface area (Å²) in [5.74, 6) is -1.29. The van der Waals surface area contributed by atoms with Gasteiger partial charge >= 0.3 is 12.1 Å². The highest BCUT2D eigenvalue weighted by atomic mass is 16.5. The highest BCUT2D eigenvalue weighted by Crippen LogP contribution is 2.44. The first-order valence-corrected chi connectivity index (χ1v) is 12.0. The van der Waals surface area contributed by atoms with Gasteiger partial charge in [-0.15, -0.1) is 0 Å². The summed E-state index contributed by atoms with van der Waals surface area (Å²) in [6, 6.07) is 16.1. The maximum atomic E-state index is 13.1. The van der Waals surface area contributed by atoms with Gasteiger partial charge < -0.3 is 20.1 Å². The quantitative estimate of drug-likeness (QED) is 0.700. The third-order valence-corrected chi connectivity index (χ3v) is 7.78. The Morgan fingerprint density at radius 2 is 1.71 bits per heavy atom. The van der Waals surface area contributed by atoms with Gasteiger partial charge in [0.15, 0.2) is 0 Å². The molecule has 0 radical (unpaired) electrons. The van der Waals surface area contributed by atoms with Gasteiger partial charge in [-0.1, -0.05) is 55.0 Å². The number of alkyl carbamates (subject to hydrolysis) is 1. The number of ether oxygens (including phenoxy) is 1. The van der Waals surface area contributed by atoms with Crippen LogP contribution in [0.25, 0.3) is 11.1 Å². The lowest BCUT2D eigenvalue weighted by molar-refractivity contribution is -0.147. The molecule has 0 spiro atoms. The van der Waals surface area contributed by atoms with Crippen LogP contribution in [0.15, 0.2) is 48.5 Å². The van der Waals surface area contributed by atoms with E-state index < -0.39 is 17.5 Å². The van der Waals surface area contributed by atoms with Crippen LogP contribution in [-0.4, -0.2) is 53.7 Å². The van der Waals surface area contributed by atoms with Crippen molar-refractivity contribution < 1.29 is 24.2 Å². The van der Waals surface area contributed by atoms with Crippen molar-refractivity contribution in [3.63, 3.8) is 0 Å². The van der Waals surface area contributed by atoms with Crippen molar-refractivity contribution in [1.29, 1.82) is 0 Å². The molecule has 7 heteroatoms. The van der Waals surface area contributed by atoms with Gasteiger partial charge in [-0.3, -0.25) is 9.59 Å². The summed E-state index contributed by atoms with van der Waals surface area (Å²) in [7, 11) is 0. The van der Waals surface area contributed by atoms with E-state index >= 15 is 0 Å². The zero-order valence-electron chi connectivity index (χ0n) is 19.3. The van der Waals surface area contributed by atoms with Crippen molar-refractivity contribution in [3.05, 3.63) is 59.7 Å². The number of hydrogen-bond donors (Lipinski definition) is 2. The highest BCUT2D eigenvalue weighted by Gasteiger charge is 2.45. The molecular weight excluding hydrogens is 432 g/mol. The van der Waals surface area contributed by atoms with Crippen molar-refractivity contribution in [2.24, 2.45) is 11.3 Å². The number of benzene rings is 2. The third kappa shape index (κ3) is 3.93. The van der Waals surface area contributed by atoms with Crippen LogP contribution in [0.1, 0.15) is 49.7 Å². The van der Waals surface area contributed by atoms with E-state index in [9.17, 15) is 19.5 Å². The molecule has 7 nitrogen and oxygen atoms in total. The molecule has 0 bridgehead atoms. The predicted octanol–water partition coefficient (Wildman–Crippen LogP) is 4.02. The van der Waals surface area contributed by atoms with Crippen LogP contribution in [0.4, 0.5) is 4.79 Å². The van der Waals surface area contributed by atoms with E-state index in [2.05, 4.69) is 29.6 Å². The minimum absolute atomic E-state index is 0.0162. The van der Waals surface area contributed by atoms with Gasteiger partial charge in [0.1, 0.15) is 6.61 Å². The maximum absolute atomic E-state index is 13.1. The van der Waals surface area contributed by atoms with Gasteiger partial charge in [-0.05, 0) is 48.4 Å². The Morgan fingerprint density at radius 3 is 2.32 bits per heavy atom. The molecule has 178 valence electrons. The minimum Gasteiger partial charge on any atom is -0.481 e. The number of carboxylic acids is 1. The number of amides is 2. The minimum atomic E-state index is -0.899. The van der Waals surface area contributed by atoms with Gasteiger partial charge in [0.2, 0.25) is 5.91 Å². The first kappa shape index (κ1) is 22.4. The molecule has 2 aliphatic carbocycles. The summed E-state index contributed by atoms with van der Waals surface area (Å²) in [6.45, 7) is 2.57. The monoisotopic (exact) mass is 462 g/mol. The van der Waals surface area contributed by atoms with Crippen molar-refractivity contribution >= 4 is 18.0 Å². The predicted molar refractivity (Wildman–Crippen MR) is 126 cm³/mol. The number of carboxylic acid groups (broad SMARTS) is 1. The lowest BCUT2D eigenvalue weighted by Gasteiger charge is -2.26. The van der Waals surface area contributed by atoms with Crippen LogP contribution < -0.4 is 5.32 Å². The third-order valence-electron chi connectivity index (χ3n) is 7.78. The second-order valence-corrected chi connectivity index (χ2v) is 9.99. The lowest BCUT2D eigenvalue weighted by atomic mass is 9.90. The Kier molecular flexibility index (Phi) is 5.80. The molecule has 5 rings (SSSR count). The topological polar surface area (TPSA) is 95.9 Å². The van der Waals surface area contributed by atoms with Crippen molar-refractivity contribution in [2.45, 2.75) is 44.6 Å². The van der Waals surface area contributed by atoms with Crippen LogP contribution in [0.3, 0.4) is 0 Å². The van der Waals surface area contributed by atoms with Gasteiger partial charge in [0.25, 0.3) is 0 Å². The molecule has 1 saturated carbocycles. The number of aliphatic carboxylic acids is 1. The smallest absolute Gasteiger partial charge is 0.407 e. The Balaban J connectivity index is 1.21. The molecule has 0 aromatic heterocycles. The molecule has 2 N–H and O–H groups in total. The average Bonchev–Trinajstić information content (AvgIpc) is 3.54. The molecule has 1 aliphatic heterocycles. The Morgan fingerprint density at radius 1 is 1.06 bits per heavy atom. The molecule has 1 saturated heterocycles. The van der Waals surface area contributed by atoms with Crippen molar-refractivity contribution in [1.82, 2.24) is 10.2 Å². The number of fused-ring (bicyclic) bond motifs is 3. The molecule has 2 fully saturated rings. The van der Waals surface area contributed by atoms with Crippen LogP contribution in [0, 0.1) is 11.3 Å². The lowest BCUT2D eigenvalue weighted by Crippen LogP contribution is -2.46. The average molecular weight is 463 g/mol. The summed E-state index contributed by atoms with van der Waals surface area (Å²) in [6.07, 6.45) is 2.18. The number of carbonyl (C=O) groups is 3. The van der Waals surface area contributed by atoms with Crippen molar-refractivity contribution in [2.75, 3.05) is 19.7 Å². The van der Waals surface area contributed by atoms with Crippen LogP contribution in [0.5, 0.6) is 0 Å². The number of hydrogen-bond acceptors (Lipinski definition) is 4. The second kappa shape index (κ2) is 8.78. The summed E-state index contributed by atoms with van der Waals surface area (Å²) < 4.78 is 5.67. The van der Waals surface area contributed by atoms with Crippen LogP contribution in [0.2, 0.25) is 0 Å². The Labute approximate surface area is 199 Å². The van der Waals surface area contributed by atoms with E-state index in [0.29, 0.717) is 25.8 Å². The SMILES string of the molecule is CC1(C(=O)O)CCN(C(=O)[C@@H]2CCC[C@@H]2NC(=O)OCC2c3ccccc3-c3ccccc32)C1. The second-order valence-electron chi connectivity index (χ2n) is 9.99. The molecule has 34 heavy (non-hydrogen) atoms. The van der Waals surface area contributed by atoms with Crippen LogP contribution >= 0.6 is 0 Å². The fourth-order valence-electron chi connectivity index (χ4n) is 5.78. The fourth-order valence-corrected chi connectivity index (χ4v) is 5.78. The summed E-state index contributed by atoms with van der Waals surface area (Å²) >= 11 is 0. The van der Waals surface area contributed by atoms with E-state index in [0.717, 1.165) is 17.5 Å². The number of carbonyl (C=O) groups excluding carboxylic acids is 2. The standard InChI is InChI=1S/C27H30N2O5/c1-27(25(31)32)13-14-29(16-27)24(30)21-11-6-12-23(21)28-26(33)34-15-22-19-9-4-2-7-17(19)18-8-3-5-10-20(18)22/h2-5,7-10,21-23H,6,11-16H2,1H3,(H,28,33)(H,31,32)/t21-,23+,27?/m1/s1. The van der Waals surface area contributed by atoms with E-state index in [4.69, 9.17) is 4.74 Å². The fraction of sp³-hybridized carbons (Fsp3) is 0.444. The van der Waals surface area contributed by atoms with E-state index in [1.54, 1.807) is 11.8 Å². The van der Waals surface area contributed by atoms with Crippen LogP contribution in [-0.2, 0) is 14.3 Å². The summed E-state index contributed by atoms with van der Waals surface area (Å²) in [4.78, 5) is 39.1. The van der Waals surface area contributed by atoms with E-state index in [-0.39, 0.29) is 36.9 Å². The van der Waals surface area contributed by atoms with Gasteiger partial charge in [0, 0.05) is 25.0 Å². The molecular formula is C27H30N2O5.